The number of aryl methyl sites for hydroxylation is 1. The Morgan fingerprint density at radius 1 is 1.20 bits per heavy atom. The SMILES string of the molecule is Cc1ccc(F)cc1NCc1ccc(C(=O)O)c(F)c1. The zero-order chi connectivity index (χ0) is 14.7. The van der Waals surface area contributed by atoms with E-state index in [2.05, 4.69) is 5.32 Å². The zero-order valence-electron chi connectivity index (χ0n) is 10.8. The van der Waals surface area contributed by atoms with E-state index in [1.54, 1.807) is 6.07 Å². The lowest BCUT2D eigenvalue weighted by Crippen LogP contribution is -2.05. The van der Waals surface area contributed by atoms with Crippen LogP contribution in [0.15, 0.2) is 36.4 Å². The Hall–Kier alpha value is -2.43. The summed E-state index contributed by atoms with van der Waals surface area (Å²) in [5.74, 6) is -2.44. The summed E-state index contributed by atoms with van der Waals surface area (Å²) in [7, 11) is 0. The minimum absolute atomic E-state index is 0.279. The molecule has 0 atom stereocenters. The molecule has 0 saturated heterocycles. The van der Waals surface area contributed by atoms with Gasteiger partial charge in [0.05, 0.1) is 5.56 Å². The third-order valence-corrected chi connectivity index (χ3v) is 2.95. The number of hydrogen-bond donors (Lipinski definition) is 2. The van der Waals surface area contributed by atoms with Crippen molar-refractivity contribution in [3.8, 4) is 0 Å². The highest BCUT2D eigenvalue weighted by Crippen LogP contribution is 2.18. The van der Waals surface area contributed by atoms with Crippen molar-refractivity contribution < 1.29 is 18.7 Å². The maximum atomic E-state index is 13.5. The van der Waals surface area contributed by atoms with Crippen molar-refractivity contribution in [3.05, 3.63) is 64.7 Å². The molecule has 0 bridgehead atoms. The quantitative estimate of drug-likeness (QED) is 0.898. The number of hydrogen-bond acceptors (Lipinski definition) is 2. The monoisotopic (exact) mass is 277 g/mol. The number of nitrogens with one attached hydrogen (secondary N) is 1. The van der Waals surface area contributed by atoms with Gasteiger partial charge in [0.1, 0.15) is 11.6 Å². The smallest absolute Gasteiger partial charge is 0.338 e. The van der Waals surface area contributed by atoms with E-state index < -0.39 is 11.8 Å². The van der Waals surface area contributed by atoms with Crippen LogP contribution < -0.4 is 5.32 Å². The molecule has 0 heterocycles. The third kappa shape index (κ3) is 3.12. The van der Waals surface area contributed by atoms with Gasteiger partial charge in [-0.05, 0) is 42.3 Å². The summed E-state index contributed by atoms with van der Waals surface area (Å²) in [5, 5.41) is 11.7. The molecule has 0 unspecified atom stereocenters. The average molecular weight is 277 g/mol. The van der Waals surface area contributed by atoms with Crippen LogP contribution in [0.25, 0.3) is 0 Å². The van der Waals surface area contributed by atoms with Crippen LogP contribution >= 0.6 is 0 Å². The fourth-order valence-electron chi connectivity index (χ4n) is 1.82. The van der Waals surface area contributed by atoms with Gasteiger partial charge >= 0.3 is 5.97 Å². The van der Waals surface area contributed by atoms with Crippen LogP contribution in [0.2, 0.25) is 0 Å². The fraction of sp³-hybridized carbons (Fsp3) is 0.133. The Bertz CT molecular complexity index is 656. The van der Waals surface area contributed by atoms with Gasteiger partial charge in [0.15, 0.2) is 0 Å². The zero-order valence-corrected chi connectivity index (χ0v) is 10.8. The third-order valence-electron chi connectivity index (χ3n) is 2.95. The van der Waals surface area contributed by atoms with Crippen molar-refractivity contribution in [2.45, 2.75) is 13.5 Å². The number of anilines is 1. The summed E-state index contributed by atoms with van der Waals surface area (Å²) in [6.45, 7) is 2.11. The lowest BCUT2D eigenvalue weighted by atomic mass is 10.1. The predicted octanol–water partition coefficient (Wildman–Crippen LogP) is 3.58. The highest BCUT2D eigenvalue weighted by Gasteiger charge is 2.10. The molecule has 2 aromatic rings. The molecule has 0 aliphatic carbocycles. The summed E-state index contributed by atoms with van der Waals surface area (Å²) >= 11 is 0. The summed E-state index contributed by atoms with van der Waals surface area (Å²) in [5.41, 5.74) is 1.70. The molecule has 0 amide bonds. The van der Waals surface area contributed by atoms with E-state index in [0.29, 0.717) is 11.3 Å². The van der Waals surface area contributed by atoms with Gasteiger partial charge in [-0.1, -0.05) is 12.1 Å². The van der Waals surface area contributed by atoms with Crippen LogP contribution in [0.4, 0.5) is 14.5 Å². The van der Waals surface area contributed by atoms with Crippen LogP contribution in [-0.4, -0.2) is 11.1 Å². The summed E-state index contributed by atoms with van der Waals surface area (Å²) in [6, 6.07) is 8.26. The number of benzene rings is 2. The minimum atomic E-state index is -1.30. The topological polar surface area (TPSA) is 49.3 Å². The van der Waals surface area contributed by atoms with Gasteiger partial charge in [-0.25, -0.2) is 13.6 Å². The molecule has 0 aliphatic heterocycles. The normalized spacial score (nSPS) is 10.3. The van der Waals surface area contributed by atoms with E-state index in [1.807, 2.05) is 6.92 Å². The van der Waals surface area contributed by atoms with Crippen molar-refractivity contribution in [2.24, 2.45) is 0 Å². The van der Waals surface area contributed by atoms with Crippen LogP contribution in [-0.2, 0) is 6.54 Å². The summed E-state index contributed by atoms with van der Waals surface area (Å²) in [6.07, 6.45) is 0. The Kier molecular flexibility index (Phi) is 3.98. The number of carboxylic acids is 1. The van der Waals surface area contributed by atoms with E-state index in [4.69, 9.17) is 5.11 Å². The van der Waals surface area contributed by atoms with E-state index in [1.165, 1.54) is 24.3 Å². The first-order valence-corrected chi connectivity index (χ1v) is 5.99. The molecular formula is C15H13F2NO2. The Morgan fingerprint density at radius 3 is 2.60 bits per heavy atom. The number of halogens is 2. The fourth-order valence-corrected chi connectivity index (χ4v) is 1.82. The molecule has 104 valence electrons. The molecule has 0 spiro atoms. The van der Waals surface area contributed by atoms with Crippen LogP contribution in [0, 0.1) is 18.6 Å². The molecule has 0 aliphatic rings. The standard InChI is InChI=1S/C15H13F2NO2/c1-9-2-4-11(16)7-14(9)18-8-10-3-5-12(15(19)20)13(17)6-10/h2-7,18H,8H2,1H3,(H,19,20). The number of carbonyl (C=O) groups is 1. The molecule has 3 nitrogen and oxygen atoms in total. The number of aromatic carboxylic acids is 1. The van der Waals surface area contributed by atoms with Gasteiger partial charge in [-0.15, -0.1) is 0 Å². The van der Waals surface area contributed by atoms with Gasteiger partial charge < -0.3 is 10.4 Å². The van der Waals surface area contributed by atoms with Crippen molar-refractivity contribution in [1.29, 1.82) is 0 Å². The van der Waals surface area contributed by atoms with Gasteiger partial charge in [0, 0.05) is 12.2 Å². The minimum Gasteiger partial charge on any atom is -0.478 e. The average Bonchev–Trinajstić information content (AvgIpc) is 2.39. The molecule has 2 aromatic carbocycles. The first-order valence-electron chi connectivity index (χ1n) is 5.99. The van der Waals surface area contributed by atoms with E-state index >= 15 is 0 Å². The lowest BCUT2D eigenvalue weighted by molar-refractivity contribution is 0.0692. The van der Waals surface area contributed by atoms with Crippen molar-refractivity contribution in [2.75, 3.05) is 5.32 Å². The lowest BCUT2D eigenvalue weighted by Gasteiger charge is -2.10. The molecular weight excluding hydrogens is 264 g/mol. The Morgan fingerprint density at radius 2 is 1.95 bits per heavy atom. The highest BCUT2D eigenvalue weighted by atomic mass is 19.1. The second-order valence-electron chi connectivity index (χ2n) is 4.43. The molecule has 20 heavy (non-hydrogen) atoms. The molecule has 0 radical (unpaired) electrons. The van der Waals surface area contributed by atoms with Crippen molar-refractivity contribution in [3.63, 3.8) is 0 Å². The molecule has 2 rings (SSSR count). The maximum absolute atomic E-state index is 13.5. The Labute approximate surface area is 114 Å². The second kappa shape index (κ2) is 5.69. The van der Waals surface area contributed by atoms with Crippen LogP contribution in [0.1, 0.15) is 21.5 Å². The molecule has 0 fully saturated rings. The number of carboxylic acid groups (broad SMARTS) is 1. The summed E-state index contributed by atoms with van der Waals surface area (Å²) < 4.78 is 26.6. The van der Waals surface area contributed by atoms with Gasteiger partial charge in [0.2, 0.25) is 0 Å². The molecule has 2 N–H and O–H groups in total. The van der Waals surface area contributed by atoms with Gasteiger partial charge in [0.25, 0.3) is 0 Å². The largest absolute Gasteiger partial charge is 0.478 e. The molecule has 5 heteroatoms. The predicted molar refractivity (Wildman–Crippen MR) is 71.8 cm³/mol. The van der Waals surface area contributed by atoms with Gasteiger partial charge in [-0.2, -0.15) is 0 Å². The van der Waals surface area contributed by atoms with Gasteiger partial charge in [-0.3, -0.25) is 0 Å². The molecule has 0 saturated carbocycles. The first-order chi connectivity index (χ1) is 9.47. The highest BCUT2D eigenvalue weighted by molar-refractivity contribution is 5.87. The maximum Gasteiger partial charge on any atom is 0.338 e. The molecule has 0 aromatic heterocycles. The second-order valence-corrected chi connectivity index (χ2v) is 4.43. The van der Waals surface area contributed by atoms with Crippen LogP contribution in [0.3, 0.4) is 0 Å². The van der Waals surface area contributed by atoms with Crippen LogP contribution in [0.5, 0.6) is 0 Å². The Balaban J connectivity index is 2.13. The van der Waals surface area contributed by atoms with Crippen molar-refractivity contribution in [1.82, 2.24) is 0 Å². The number of rotatable bonds is 4. The van der Waals surface area contributed by atoms with Crippen molar-refractivity contribution >= 4 is 11.7 Å². The van der Waals surface area contributed by atoms with E-state index in [0.717, 1.165) is 11.6 Å². The van der Waals surface area contributed by atoms with E-state index in [-0.39, 0.29) is 17.9 Å². The first kappa shape index (κ1) is 14.0. The van der Waals surface area contributed by atoms with E-state index in [9.17, 15) is 13.6 Å². The summed E-state index contributed by atoms with van der Waals surface area (Å²) in [4.78, 5) is 10.7.